The van der Waals surface area contributed by atoms with Crippen molar-refractivity contribution < 1.29 is 33.3 Å². The molecule has 1 heterocycles. The maximum atomic E-state index is 15.1. The number of allylic oxidation sites excluding steroid dienone is 4. The lowest BCUT2D eigenvalue weighted by Gasteiger charge is -2.69. The Bertz CT molecular complexity index is 1540. The summed E-state index contributed by atoms with van der Waals surface area (Å²) in [5, 5.41) is 0. The van der Waals surface area contributed by atoms with E-state index in [1.165, 1.54) is 0 Å². The minimum atomic E-state index is -0.697. The Balaban J connectivity index is 1.41. The highest BCUT2D eigenvalue weighted by molar-refractivity contribution is 6.03. The second kappa shape index (κ2) is 12.5. The molecule has 0 N–H and O–H groups in total. The van der Waals surface area contributed by atoms with Crippen LogP contribution < -0.4 is 0 Å². The highest BCUT2D eigenvalue weighted by atomic mass is 16.6. The van der Waals surface area contributed by atoms with Crippen LogP contribution in [0.25, 0.3) is 4.85 Å². The molecule has 4 fully saturated rings. The maximum absolute atomic E-state index is 15.1. The predicted molar refractivity (Wildman–Crippen MR) is 191 cm³/mol. The van der Waals surface area contributed by atoms with Crippen LogP contribution in [0.5, 0.6) is 0 Å². The van der Waals surface area contributed by atoms with Crippen LogP contribution in [-0.2, 0) is 33.3 Å². The molecule has 3 unspecified atom stereocenters. The van der Waals surface area contributed by atoms with Crippen LogP contribution in [0, 0.1) is 56.8 Å². The lowest BCUT2D eigenvalue weighted by Crippen LogP contribution is -2.66. The van der Waals surface area contributed by atoms with Crippen LogP contribution >= 0.6 is 0 Å². The van der Waals surface area contributed by atoms with Crippen molar-refractivity contribution in [2.45, 2.75) is 144 Å². The van der Waals surface area contributed by atoms with Gasteiger partial charge in [-0.25, -0.2) is 4.85 Å². The Morgan fingerprint density at radius 1 is 0.900 bits per heavy atom. The number of hydrogen-bond donors (Lipinski definition) is 0. The van der Waals surface area contributed by atoms with Crippen molar-refractivity contribution >= 4 is 17.3 Å². The van der Waals surface area contributed by atoms with E-state index in [9.17, 15) is 9.59 Å². The Labute approximate surface area is 300 Å². The summed E-state index contributed by atoms with van der Waals surface area (Å²) in [6.07, 6.45) is 8.67. The maximum Gasteiger partial charge on any atom is 0.226 e. The van der Waals surface area contributed by atoms with Gasteiger partial charge in [0, 0.05) is 49.9 Å². The second-order valence-corrected chi connectivity index (χ2v) is 18.7. The summed E-state index contributed by atoms with van der Waals surface area (Å²) in [7, 11) is 4.97. The number of carbonyl (C=O) groups is 3. The molecule has 0 radical (unpaired) electrons. The zero-order valence-electron chi connectivity index (χ0n) is 32.4. The number of rotatable bonds is 7. The number of Topliss-reactive ketones (excluding diaryl/α,β-unsaturated/α-hetero) is 2. The third-order valence-electron chi connectivity index (χ3n) is 15.7. The molecule has 0 spiro atoms. The van der Waals surface area contributed by atoms with Gasteiger partial charge in [-0.1, -0.05) is 67.0 Å². The SMILES string of the molecule is [C-]#[N+]C1=C[C@]2(C)C3=CC(=O)C4C5CC(C)(C)CC[C@]5(C(=O)CC5O[C@H](CC)[C@@H](OC)[C@H](OC)[C@H]5OC)CC[C@@]4(C)[C@]3(C)CC[C@H]2C(C)(C)C1=O. The van der Waals surface area contributed by atoms with E-state index in [4.69, 9.17) is 25.5 Å². The van der Waals surface area contributed by atoms with Crippen molar-refractivity contribution in [3.63, 3.8) is 0 Å². The molecule has 0 aromatic rings. The van der Waals surface area contributed by atoms with Gasteiger partial charge in [-0.15, -0.1) is 0 Å². The molecular formula is C42H61NO7. The van der Waals surface area contributed by atoms with Crippen LogP contribution in [-0.4, -0.2) is 69.2 Å². The Morgan fingerprint density at radius 3 is 2.12 bits per heavy atom. The zero-order chi connectivity index (χ0) is 36.8. The third-order valence-corrected chi connectivity index (χ3v) is 15.7. The van der Waals surface area contributed by atoms with Crippen LogP contribution in [0.15, 0.2) is 23.4 Å². The van der Waals surface area contributed by atoms with E-state index in [0.29, 0.717) is 0 Å². The number of methoxy groups -OCH3 is 3. The summed E-state index contributed by atoms with van der Waals surface area (Å²) < 4.78 is 24.3. The van der Waals surface area contributed by atoms with Gasteiger partial charge in [0.2, 0.25) is 5.70 Å². The first kappa shape index (κ1) is 37.6. The van der Waals surface area contributed by atoms with Crippen LogP contribution in [0.4, 0.5) is 0 Å². The van der Waals surface area contributed by atoms with Crippen molar-refractivity contribution in [1.29, 1.82) is 0 Å². The molecule has 50 heavy (non-hydrogen) atoms. The number of carbonyl (C=O) groups excluding carboxylic acids is 3. The van der Waals surface area contributed by atoms with E-state index in [1.807, 2.05) is 26.0 Å². The molecule has 3 saturated carbocycles. The third kappa shape index (κ3) is 5.06. The highest BCUT2D eigenvalue weighted by Gasteiger charge is 2.70. The fourth-order valence-corrected chi connectivity index (χ4v) is 12.8. The summed E-state index contributed by atoms with van der Waals surface area (Å²) >= 11 is 0. The van der Waals surface area contributed by atoms with Gasteiger partial charge >= 0.3 is 0 Å². The molecule has 0 bridgehead atoms. The monoisotopic (exact) mass is 691 g/mol. The molecule has 1 aliphatic heterocycles. The van der Waals surface area contributed by atoms with Crippen LogP contribution in [0.2, 0.25) is 0 Å². The zero-order valence-corrected chi connectivity index (χ0v) is 32.4. The molecule has 6 rings (SSSR count). The Kier molecular flexibility index (Phi) is 9.36. The van der Waals surface area contributed by atoms with E-state index in [-0.39, 0.29) is 81.8 Å². The lowest BCUT2D eigenvalue weighted by molar-refractivity contribution is -0.244. The normalized spacial score (nSPS) is 46.3. The van der Waals surface area contributed by atoms with E-state index in [0.717, 1.165) is 56.9 Å². The summed E-state index contributed by atoms with van der Waals surface area (Å²) in [6.45, 7) is 25.3. The number of nitrogens with zero attached hydrogens (tertiary/aromatic N) is 1. The smallest absolute Gasteiger partial charge is 0.226 e. The fraction of sp³-hybridized carbons (Fsp3) is 0.810. The van der Waals surface area contributed by atoms with Gasteiger partial charge in [0.05, 0.1) is 18.8 Å². The molecule has 8 nitrogen and oxygen atoms in total. The quantitative estimate of drug-likeness (QED) is 0.252. The second-order valence-electron chi connectivity index (χ2n) is 18.7. The molecule has 276 valence electrons. The van der Waals surface area contributed by atoms with Crippen molar-refractivity contribution in [1.82, 2.24) is 0 Å². The van der Waals surface area contributed by atoms with E-state index >= 15 is 4.79 Å². The summed E-state index contributed by atoms with van der Waals surface area (Å²) in [5.74, 6) is -0.175. The van der Waals surface area contributed by atoms with Crippen LogP contribution in [0.1, 0.15) is 113 Å². The summed E-state index contributed by atoms with van der Waals surface area (Å²) in [6, 6.07) is 0. The van der Waals surface area contributed by atoms with Gasteiger partial charge in [0.25, 0.3) is 0 Å². The van der Waals surface area contributed by atoms with E-state index in [2.05, 4.69) is 46.4 Å². The van der Waals surface area contributed by atoms with Crippen molar-refractivity contribution in [3.05, 3.63) is 34.8 Å². The van der Waals surface area contributed by atoms with Gasteiger partial charge in [0.15, 0.2) is 11.6 Å². The predicted octanol–water partition coefficient (Wildman–Crippen LogP) is 7.74. The largest absolute Gasteiger partial charge is 0.376 e. The molecule has 0 aromatic carbocycles. The average molecular weight is 692 g/mol. The lowest BCUT2D eigenvalue weighted by atomic mass is 9.34. The van der Waals surface area contributed by atoms with Gasteiger partial charge in [-0.05, 0) is 85.5 Å². The van der Waals surface area contributed by atoms with E-state index in [1.54, 1.807) is 21.3 Å². The molecule has 0 amide bonds. The van der Waals surface area contributed by atoms with Crippen molar-refractivity contribution in [3.8, 4) is 0 Å². The Hall–Kier alpha value is -2.18. The molecule has 1 saturated heterocycles. The standard InChI is InChI=1S/C42H61NO7/c1-13-27-33(47-10)35(49-12)34(48-11)28(50-27)21-31(45)42-18-16-37(2,3)22-24(42)32-26(44)20-30-39(6)23-25(43-9)36(46)38(4,5)29(39)14-15-40(30,7)41(32,8)17-19-42/h20,23-24,27-29,32-35H,13-19,21-22H2,1-8,10-12H3/t24?,27-,28?,29+,32?,33-,34+,35+,39+,40-,41-,42+/m1/s1. The molecule has 5 aliphatic carbocycles. The topological polar surface area (TPSA) is 92.5 Å². The minimum absolute atomic E-state index is 0.000914. The number of hydrogen-bond acceptors (Lipinski definition) is 7. The van der Waals surface area contributed by atoms with Gasteiger partial charge in [-0.2, -0.15) is 0 Å². The molecule has 0 aromatic heterocycles. The molecule has 8 heteroatoms. The van der Waals surface area contributed by atoms with Gasteiger partial charge < -0.3 is 23.7 Å². The van der Waals surface area contributed by atoms with Gasteiger partial charge in [-0.3, -0.25) is 9.59 Å². The van der Waals surface area contributed by atoms with Crippen molar-refractivity contribution in [2.24, 2.45) is 50.2 Å². The minimum Gasteiger partial charge on any atom is -0.376 e. The summed E-state index contributed by atoms with van der Waals surface area (Å²) in [5.41, 5.74) is -1.32. The molecular weight excluding hydrogens is 630 g/mol. The number of fused-ring (bicyclic) bond motifs is 7. The highest BCUT2D eigenvalue weighted by Crippen LogP contribution is 2.74. The fourth-order valence-electron chi connectivity index (χ4n) is 12.8. The summed E-state index contributed by atoms with van der Waals surface area (Å²) in [4.78, 5) is 47.2. The number of ether oxygens (including phenoxy) is 4. The van der Waals surface area contributed by atoms with Crippen molar-refractivity contribution in [2.75, 3.05) is 21.3 Å². The first-order chi connectivity index (χ1) is 23.4. The van der Waals surface area contributed by atoms with E-state index < -0.39 is 28.5 Å². The first-order valence-corrected chi connectivity index (χ1v) is 19.0. The van der Waals surface area contributed by atoms with Gasteiger partial charge in [0.1, 0.15) is 24.1 Å². The Morgan fingerprint density at radius 2 is 1.52 bits per heavy atom. The number of ketones is 3. The van der Waals surface area contributed by atoms with Crippen LogP contribution in [0.3, 0.4) is 0 Å². The molecule has 12 atom stereocenters. The first-order valence-electron chi connectivity index (χ1n) is 19.0. The molecule has 6 aliphatic rings. The average Bonchev–Trinajstić information content (AvgIpc) is 3.06.